The number of alkyl halides is 3. The number of rotatable bonds is 0. The number of halogens is 6. The Morgan fingerprint density at radius 1 is 1.12 bits per heavy atom. The van der Waals surface area contributed by atoms with E-state index in [4.69, 9.17) is 0 Å². The van der Waals surface area contributed by atoms with Crippen LogP contribution in [0, 0.1) is 0 Å². The van der Waals surface area contributed by atoms with Gasteiger partial charge in [0.15, 0.2) is 0 Å². The van der Waals surface area contributed by atoms with E-state index in [-0.39, 0.29) is 20.2 Å². The predicted octanol–water partition coefficient (Wildman–Crippen LogP) is 2.40. The molecule has 0 atom stereocenters. The van der Waals surface area contributed by atoms with Crippen LogP contribution in [-0.4, -0.2) is 15.9 Å². The first-order valence-electron chi connectivity index (χ1n) is 1.38. The Hall–Kier alpha value is 0.923. The minimum atomic E-state index is -6.34. The minimum absolute atomic E-state index is 0.213. The summed E-state index contributed by atoms with van der Waals surface area (Å²) in [6.07, 6.45) is 0. The Kier molecular flexibility index (Phi) is 2.54. The SMILES string of the molecule is F[C](F)(F)[Ge]([F])([F])[I]. The maximum absolute atomic E-state index is 11.3. The van der Waals surface area contributed by atoms with Crippen molar-refractivity contribution in [3.8, 4) is 0 Å². The predicted molar refractivity (Wildman–Crippen MR) is 28.0 cm³/mol. The van der Waals surface area contributed by atoms with Gasteiger partial charge < -0.3 is 0 Å². The van der Waals surface area contributed by atoms with E-state index in [1.165, 1.54) is 0 Å². The summed E-state index contributed by atoms with van der Waals surface area (Å²) in [5.74, 6) is 0. The van der Waals surface area contributed by atoms with Gasteiger partial charge in [-0.1, -0.05) is 0 Å². The molecule has 0 bridgehead atoms. The first-order valence-corrected chi connectivity index (χ1v) is 10.4. The molecule has 0 N–H and O–H groups in total. The van der Waals surface area contributed by atoms with Crippen molar-refractivity contribution in [3.63, 3.8) is 0 Å². The fraction of sp³-hybridized carbons (Fsp3) is 1.00. The van der Waals surface area contributed by atoms with Crippen LogP contribution in [0.25, 0.3) is 0 Å². The summed E-state index contributed by atoms with van der Waals surface area (Å²) >= 11 is 0.213. The first kappa shape index (κ1) is 8.92. The van der Waals surface area contributed by atoms with Crippen LogP contribution in [0.3, 0.4) is 0 Å². The molecule has 0 fully saturated rings. The average molecular weight is 307 g/mol. The third-order valence-corrected chi connectivity index (χ3v) is 4.85. The van der Waals surface area contributed by atoms with Crippen LogP contribution in [0.2, 0.25) is 0 Å². The number of hydrogen-bond acceptors (Lipinski definition) is 0. The third kappa shape index (κ3) is 2.47. The Labute approximate surface area is 56.4 Å². The third-order valence-electron chi connectivity index (χ3n) is 0.321. The summed E-state index contributed by atoms with van der Waals surface area (Å²) in [5, 5.41) is -5.22. The Balaban J connectivity index is 4.02. The molecule has 0 aromatic rings. The van der Waals surface area contributed by atoms with Gasteiger partial charge in [-0.2, -0.15) is 0 Å². The van der Waals surface area contributed by atoms with Crippen LogP contribution < -0.4 is 0 Å². The average Bonchev–Trinajstić information content (AvgIpc) is 1.25. The summed E-state index contributed by atoms with van der Waals surface area (Å²) in [4.78, 5) is 0. The second kappa shape index (κ2) is 2.27. The van der Waals surface area contributed by atoms with Crippen molar-refractivity contribution < 1.29 is 20.2 Å². The zero-order valence-corrected chi connectivity index (χ0v) is 7.52. The van der Waals surface area contributed by atoms with Crippen molar-refractivity contribution in [2.75, 3.05) is 0 Å². The standard InChI is InChI=1S/CF5GeI/c2-1(3,4)7(5,6)8. The topological polar surface area (TPSA) is 0 Å². The van der Waals surface area contributed by atoms with Crippen LogP contribution in [0.5, 0.6) is 0 Å². The molecule has 0 heterocycles. The van der Waals surface area contributed by atoms with Crippen molar-refractivity contribution in [2.24, 2.45) is 0 Å². The van der Waals surface area contributed by atoms with E-state index in [0.29, 0.717) is 0 Å². The van der Waals surface area contributed by atoms with E-state index in [2.05, 4.69) is 0 Å². The van der Waals surface area contributed by atoms with Gasteiger partial charge in [-0.05, 0) is 0 Å². The molecule has 0 radical (unpaired) electrons. The molecule has 0 rings (SSSR count). The molecule has 0 aliphatic heterocycles. The van der Waals surface area contributed by atoms with Gasteiger partial charge in [0, 0.05) is 0 Å². The fourth-order valence-electron chi connectivity index (χ4n) is 0. The van der Waals surface area contributed by atoms with Gasteiger partial charge in [0.25, 0.3) is 0 Å². The first-order chi connectivity index (χ1) is 3.25. The Bertz CT molecular complexity index is 67.4. The van der Waals surface area contributed by atoms with E-state index in [9.17, 15) is 20.2 Å². The van der Waals surface area contributed by atoms with Crippen molar-refractivity contribution in [2.45, 2.75) is 5.01 Å². The Morgan fingerprint density at radius 2 is 1.25 bits per heavy atom. The van der Waals surface area contributed by atoms with E-state index in [1.54, 1.807) is 0 Å². The second-order valence-corrected chi connectivity index (χ2v) is 11.3. The summed E-state index contributed by atoms with van der Waals surface area (Å²) in [5.41, 5.74) is 0. The van der Waals surface area contributed by atoms with Crippen LogP contribution in [0.15, 0.2) is 0 Å². The van der Waals surface area contributed by atoms with Gasteiger partial charge in [0.05, 0.1) is 0 Å². The summed E-state index contributed by atoms with van der Waals surface area (Å²) in [7, 11) is -6.34. The molecular weight excluding hydrogens is 307 g/mol. The van der Waals surface area contributed by atoms with E-state index < -0.39 is 15.9 Å². The molecule has 0 aliphatic rings. The molecule has 50 valence electrons. The molecule has 0 amide bonds. The van der Waals surface area contributed by atoms with Crippen LogP contribution in [-0.2, 0) is 0 Å². The van der Waals surface area contributed by atoms with Crippen molar-refractivity contribution in [1.29, 1.82) is 0 Å². The van der Waals surface area contributed by atoms with Gasteiger partial charge in [-0.3, -0.25) is 0 Å². The molecule has 0 aromatic heterocycles. The zero-order chi connectivity index (χ0) is 7.00. The van der Waals surface area contributed by atoms with Crippen LogP contribution in [0.4, 0.5) is 20.2 Å². The van der Waals surface area contributed by atoms with E-state index in [1.807, 2.05) is 0 Å². The summed E-state index contributed by atoms with van der Waals surface area (Å²) in [6.45, 7) is 0. The molecule has 0 saturated heterocycles. The van der Waals surface area contributed by atoms with Gasteiger partial charge in [0.2, 0.25) is 0 Å². The second-order valence-electron chi connectivity index (χ2n) is 0.996. The molecule has 0 nitrogen and oxygen atoms in total. The summed E-state index contributed by atoms with van der Waals surface area (Å²) in [6, 6.07) is 0. The zero-order valence-electron chi connectivity index (χ0n) is 3.27. The van der Waals surface area contributed by atoms with Crippen molar-refractivity contribution in [1.82, 2.24) is 0 Å². The summed E-state index contributed by atoms with van der Waals surface area (Å²) < 4.78 is 55.2. The number of hydrogen-bond donors (Lipinski definition) is 0. The van der Waals surface area contributed by atoms with Gasteiger partial charge in [-0.15, -0.1) is 0 Å². The molecule has 8 heavy (non-hydrogen) atoms. The van der Waals surface area contributed by atoms with Gasteiger partial charge in [-0.25, -0.2) is 0 Å². The molecule has 0 spiro atoms. The normalized spacial score (nSPS) is 14.2. The fourth-order valence-corrected chi connectivity index (χ4v) is 0. The monoisotopic (exact) mass is 308 g/mol. The van der Waals surface area contributed by atoms with Crippen molar-refractivity contribution >= 4 is 31.1 Å². The van der Waals surface area contributed by atoms with E-state index >= 15 is 0 Å². The quantitative estimate of drug-likeness (QED) is 0.366. The van der Waals surface area contributed by atoms with Crippen LogP contribution in [0.1, 0.15) is 0 Å². The van der Waals surface area contributed by atoms with Gasteiger partial charge in [0.1, 0.15) is 0 Å². The van der Waals surface area contributed by atoms with Crippen molar-refractivity contribution in [3.05, 3.63) is 0 Å². The molecule has 0 aliphatic carbocycles. The van der Waals surface area contributed by atoms with Gasteiger partial charge >= 0.3 is 56.3 Å². The molecule has 0 unspecified atom stereocenters. The van der Waals surface area contributed by atoms with E-state index in [0.717, 1.165) is 0 Å². The molecule has 0 saturated carbocycles. The maximum atomic E-state index is 11.3. The molecule has 7 heteroatoms. The molecular formula is CF5GeI. The van der Waals surface area contributed by atoms with Crippen LogP contribution >= 0.6 is 20.2 Å². The Morgan fingerprint density at radius 3 is 1.25 bits per heavy atom. The molecule has 0 aromatic carbocycles.